The lowest BCUT2D eigenvalue weighted by Gasteiger charge is -2.31. The van der Waals surface area contributed by atoms with Gasteiger partial charge in [-0.15, -0.1) is 0 Å². The van der Waals surface area contributed by atoms with Gasteiger partial charge in [0.15, 0.2) is 6.29 Å². The molecule has 1 heterocycles. The van der Waals surface area contributed by atoms with Crippen molar-refractivity contribution in [1.29, 1.82) is 0 Å². The average molecular weight is 978 g/mol. The van der Waals surface area contributed by atoms with Crippen LogP contribution in [0.1, 0.15) is 213 Å². The number of nitrogens with zero attached hydrogens (tertiary/aromatic N) is 1. The second-order valence-electron chi connectivity index (χ2n) is 20.4. The number of rotatable bonds is 40. The Kier molecular flexibility index (Phi) is 36.4. The summed E-state index contributed by atoms with van der Waals surface area (Å²) in [4.78, 5) is 41.2. The van der Waals surface area contributed by atoms with E-state index >= 15 is 0 Å². The van der Waals surface area contributed by atoms with E-state index in [-0.39, 0.29) is 44.1 Å². The third-order valence-electron chi connectivity index (χ3n) is 12.9. The van der Waals surface area contributed by atoms with Crippen LogP contribution in [0.4, 0.5) is 4.79 Å². The molecule has 1 aromatic rings. The number of allylic oxidation sites excluding steroid dienone is 8. The summed E-state index contributed by atoms with van der Waals surface area (Å²) in [5.74, 6) is 0.712. The molecule has 0 amide bonds. The van der Waals surface area contributed by atoms with Gasteiger partial charge < -0.3 is 33.3 Å². The molecular weight excluding hydrogens is 879 g/mol. The highest BCUT2D eigenvalue weighted by Crippen LogP contribution is 2.20. The number of hydrogen-bond donors (Lipinski definition) is 0. The van der Waals surface area contributed by atoms with Gasteiger partial charge >= 0.3 is 18.1 Å². The van der Waals surface area contributed by atoms with Crippen LogP contribution in [0.15, 0.2) is 65.8 Å². The second kappa shape index (κ2) is 40.8. The zero-order valence-corrected chi connectivity index (χ0v) is 45.5. The van der Waals surface area contributed by atoms with Gasteiger partial charge in [-0.2, -0.15) is 0 Å². The van der Waals surface area contributed by atoms with Crippen molar-refractivity contribution in [3.05, 3.63) is 82.5 Å². The summed E-state index contributed by atoms with van der Waals surface area (Å²) in [5.41, 5.74) is 4.80. The first-order chi connectivity index (χ1) is 33.9. The van der Waals surface area contributed by atoms with Crippen molar-refractivity contribution in [3.63, 3.8) is 0 Å². The summed E-state index contributed by atoms with van der Waals surface area (Å²) in [5, 5.41) is 0. The monoisotopic (exact) mass is 978 g/mol. The lowest BCUT2D eigenvalue weighted by Crippen LogP contribution is -2.37. The summed E-state index contributed by atoms with van der Waals surface area (Å²) < 4.78 is 35.1. The third-order valence-corrected chi connectivity index (χ3v) is 12.9. The molecule has 3 unspecified atom stereocenters. The van der Waals surface area contributed by atoms with Gasteiger partial charge in [-0.05, 0) is 177 Å². The molecule has 0 bridgehead atoms. The molecule has 1 fully saturated rings. The van der Waals surface area contributed by atoms with Gasteiger partial charge in [0.2, 0.25) is 0 Å². The molecular formula is C60H99NO9. The van der Waals surface area contributed by atoms with Gasteiger partial charge in [-0.3, -0.25) is 9.59 Å². The van der Waals surface area contributed by atoms with Gasteiger partial charge in [0.05, 0.1) is 13.0 Å². The first-order valence-electron chi connectivity index (χ1n) is 27.6. The summed E-state index contributed by atoms with van der Waals surface area (Å²) in [6, 6.07) is 5.58. The second-order valence-corrected chi connectivity index (χ2v) is 20.4. The molecule has 1 aliphatic rings. The summed E-state index contributed by atoms with van der Waals surface area (Å²) >= 11 is 0. The molecule has 0 aromatic heterocycles. The van der Waals surface area contributed by atoms with Crippen molar-refractivity contribution in [2.45, 2.75) is 223 Å². The summed E-state index contributed by atoms with van der Waals surface area (Å²) in [7, 11) is 0. The SMILES string of the molecule is CCCCC/C=C\C/C=C\CCCCCCCC(=O)OCc1cc(COC(=O)CCC(OCCC(C)CCC=C(C)C)OCCC(C)CCC=C(C)C)cc(COC(=O)OCC2CCCN(CC)C2)c1. The molecule has 1 aromatic carbocycles. The molecule has 70 heavy (non-hydrogen) atoms. The fraction of sp³-hybridized carbons (Fsp3) is 0.717. The number of hydrogen-bond acceptors (Lipinski definition) is 10. The summed E-state index contributed by atoms with van der Waals surface area (Å²) in [6.45, 7) is 21.9. The molecule has 0 radical (unpaired) electrons. The first-order valence-corrected chi connectivity index (χ1v) is 27.6. The maximum absolute atomic E-state index is 13.2. The first kappa shape index (κ1) is 62.4. The highest BCUT2D eigenvalue weighted by atomic mass is 16.7. The number of ether oxygens (including phenoxy) is 6. The lowest BCUT2D eigenvalue weighted by molar-refractivity contribution is -0.161. The van der Waals surface area contributed by atoms with Crippen molar-refractivity contribution in [3.8, 4) is 0 Å². The number of carbonyl (C=O) groups is 3. The van der Waals surface area contributed by atoms with Gasteiger partial charge in [-0.25, -0.2) is 4.79 Å². The number of piperidine rings is 1. The van der Waals surface area contributed by atoms with Gasteiger partial charge in [0.1, 0.15) is 19.8 Å². The van der Waals surface area contributed by atoms with Crippen molar-refractivity contribution in [2.75, 3.05) is 39.5 Å². The van der Waals surface area contributed by atoms with Crippen LogP contribution in [0.5, 0.6) is 0 Å². The van der Waals surface area contributed by atoms with Crippen LogP contribution >= 0.6 is 0 Å². The summed E-state index contributed by atoms with van der Waals surface area (Å²) in [6.07, 6.45) is 33.9. The number of carbonyl (C=O) groups excluding carboxylic acids is 3. The van der Waals surface area contributed by atoms with Crippen LogP contribution in [0, 0.1) is 17.8 Å². The van der Waals surface area contributed by atoms with Gasteiger partial charge in [-0.1, -0.05) is 107 Å². The Balaban J connectivity index is 1.95. The van der Waals surface area contributed by atoms with Crippen LogP contribution in [-0.4, -0.2) is 68.7 Å². The van der Waals surface area contributed by atoms with Crippen LogP contribution in [-0.2, 0) is 57.8 Å². The van der Waals surface area contributed by atoms with Crippen LogP contribution < -0.4 is 0 Å². The van der Waals surface area contributed by atoms with E-state index in [1.165, 1.54) is 36.8 Å². The lowest BCUT2D eigenvalue weighted by atomic mass is 9.99. The van der Waals surface area contributed by atoms with Gasteiger partial charge in [0, 0.05) is 38.5 Å². The Morgan fingerprint density at radius 2 is 1.14 bits per heavy atom. The highest BCUT2D eigenvalue weighted by Gasteiger charge is 2.21. The van der Waals surface area contributed by atoms with Crippen LogP contribution in [0.25, 0.3) is 0 Å². The minimum Gasteiger partial charge on any atom is -0.461 e. The largest absolute Gasteiger partial charge is 0.508 e. The van der Waals surface area contributed by atoms with Crippen molar-refractivity contribution < 1.29 is 42.8 Å². The van der Waals surface area contributed by atoms with E-state index in [1.807, 2.05) is 18.2 Å². The van der Waals surface area contributed by atoms with E-state index in [0.29, 0.717) is 55.6 Å². The minimum absolute atomic E-state index is 0.0123. The fourth-order valence-corrected chi connectivity index (χ4v) is 8.44. The quantitative estimate of drug-likeness (QED) is 0.0207. The van der Waals surface area contributed by atoms with E-state index in [9.17, 15) is 14.4 Å². The number of esters is 2. The Labute approximate surface area is 426 Å². The minimum atomic E-state index is -0.716. The number of unbranched alkanes of at least 4 members (excludes halogenated alkanes) is 8. The van der Waals surface area contributed by atoms with Crippen LogP contribution in [0.3, 0.4) is 0 Å². The Bertz CT molecular complexity index is 1620. The predicted octanol–water partition coefficient (Wildman–Crippen LogP) is 15.7. The Morgan fingerprint density at radius 1 is 0.614 bits per heavy atom. The normalized spacial score (nSPS) is 15.4. The molecule has 398 valence electrons. The zero-order valence-electron chi connectivity index (χ0n) is 45.5. The van der Waals surface area contributed by atoms with Crippen LogP contribution in [0.2, 0.25) is 0 Å². The molecule has 1 aliphatic heterocycles. The van der Waals surface area contributed by atoms with E-state index in [0.717, 1.165) is 122 Å². The predicted molar refractivity (Wildman–Crippen MR) is 286 cm³/mol. The third kappa shape index (κ3) is 34.6. The Hall–Kier alpha value is -3.73. The smallest absolute Gasteiger partial charge is 0.461 e. The van der Waals surface area contributed by atoms with E-state index in [4.69, 9.17) is 28.4 Å². The maximum Gasteiger partial charge on any atom is 0.508 e. The molecule has 3 atom stereocenters. The topological polar surface area (TPSA) is 110 Å². The molecule has 0 saturated carbocycles. The molecule has 2 rings (SSSR count). The molecule has 1 saturated heterocycles. The average Bonchev–Trinajstić information content (AvgIpc) is 3.33. The highest BCUT2D eigenvalue weighted by molar-refractivity contribution is 5.69. The zero-order chi connectivity index (χ0) is 51.0. The molecule has 0 N–H and O–H groups in total. The molecule has 0 aliphatic carbocycles. The van der Waals surface area contributed by atoms with Crippen molar-refractivity contribution in [1.82, 2.24) is 4.90 Å². The van der Waals surface area contributed by atoms with E-state index < -0.39 is 12.4 Å². The van der Waals surface area contributed by atoms with E-state index in [1.54, 1.807) is 0 Å². The maximum atomic E-state index is 13.2. The molecule has 10 heteroatoms. The molecule has 0 spiro atoms. The molecule has 10 nitrogen and oxygen atoms in total. The number of likely N-dealkylation sites (tertiary alicyclic amines) is 1. The standard InChI is InChI=1S/C60H99NO9/c1-9-11-12-13-14-15-16-17-18-19-20-21-22-23-24-33-57(62)67-46-54-41-55(43-56(42-54)48-70-60(64)69-45-53-32-27-38-61(10-2)44-53)47-68-58(63)34-35-59(65-39-36-51(7)30-25-28-49(3)4)66-40-37-52(8)31-26-29-50(5)6/h14-15,17-18,28-29,41-43,51-53,59H,9-13,16,19-27,30-40,44-48H2,1-8H3/b15-14-,18-17-. The van der Waals surface area contributed by atoms with Crippen molar-refractivity contribution >= 4 is 18.1 Å². The van der Waals surface area contributed by atoms with E-state index in [2.05, 4.69) is 96.7 Å². The number of benzene rings is 1. The fourth-order valence-electron chi connectivity index (χ4n) is 8.44. The van der Waals surface area contributed by atoms with Crippen molar-refractivity contribution in [2.24, 2.45) is 17.8 Å². The van der Waals surface area contributed by atoms with Gasteiger partial charge in [0.25, 0.3) is 0 Å². The Morgan fingerprint density at radius 3 is 1.70 bits per heavy atom.